The van der Waals surface area contributed by atoms with Crippen LogP contribution in [0.4, 0.5) is 36.4 Å². The van der Waals surface area contributed by atoms with Gasteiger partial charge in [0, 0.05) is 37.8 Å². The third-order valence-electron chi connectivity index (χ3n) is 6.76. The average molecular weight is 664 g/mol. The Morgan fingerprint density at radius 1 is 1.14 bits per heavy atom. The van der Waals surface area contributed by atoms with Crippen molar-refractivity contribution in [2.24, 2.45) is 13.0 Å². The van der Waals surface area contributed by atoms with E-state index in [4.69, 9.17) is 16.3 Å². The number of hydrogen-bond acceptors (Lipinski definition) is 6. The molecular weight excluding hydrogens is 643 g/mol. The molecule has 0 saturated carbocycles. The zero-order chi connectivity index (χ0) is 32.2. The van der Waals surface area contributed by atoms with Gasteiger partial charge in [-0.15, -0.1) is 0 Å². The Morgan fingerprint density at radius 3 is 2.40 bits per heavy atom. The van der Waals surface area contributed by atoms with Crippen molar-refractivity contribution in [1.82, 2.24) is 19.5 Å². The summed E-state index contributed by atoms with van der Waals surface area (Å²) in [5.41, 5.74) is -2.69. The fourth-order valence-electron chi connectivity index (χ4n) is 4.51. The number of hydrogen-bond donors (Lipinski definition) is 3. The van der Waals surface area contributed by atoms with Gasteiger partial charge >= 0.3 is 24.2 Å². The van der Waals surface area contributed by atoms with Gasteiger partial charge in [0.25, 0.3) is 5.91 Å². The van der Waals surface area contributed by atoms with Crippen LogP contribution >= 0.6 is 11.6 Å². The van der Waals surface area contributed by atoms with E-state index in [1.54, 1.807) is 0 Å². The topological polar surface area (TPSA) is 139 Å². The molecule has 2 aromatic rings. The lowest BCUT2D eigenvalue weighted by atomic mass is 10.1. The SMILES string of the molecule is CC(NC(=O)C(=O)N1CC2NS(=O)(=O)c3c(c(C(=O)Nc4ccc(F)c(C(F)(F)F)c4)n(C)c3Cl)OC[C@@H]2C1)C(F)(F)F. The van der Waals surface area contributed by atoms with Gasteiger partial charge < -0.3 is 24.8 Å². The van der Waals surface area contributed by atoms with Crippen molar-refractivity contribution in [3.8, 4) is 5.75 Å². The van der Waals surface area contributed by atoms with E-state index in [-0.39, 0.29) is 13.2 Å². The number of aromatic nitrogens is 1. The molecule has 3 amide bonds. The molecule has 43 heavy (non-hydrogen) atoms. The van der Waals surface area contributed by atoms with Crippen LogP contribution in [-0.4, -0.2) is 73.6 Å². The zero-order valence-electron chi connectivity index (χ0n) is 21.9. The Morgan fingerprint density at radius 2 is 1.79 bits per heavy atom. The van der Waals surface area contributed by atoms with Crippen molar-refractivity contribution in [1.29, 1.82) is 0 Å². The second kappa shape index (κ2) is 11.2. The van der Waals surface area contributed by atoms with Gasteiger partial charge in [-0.3, -0.25) is 14.4 Å². The summed E-state index contributed by atoms with van der Waals surface area (Å²) < 4.78 is 127. The van der Waals surface area contributed by atoms with Crippen LogP contribution < -0.4 is 20.1 Å². The second-order valence-electron chi connectivity index (χ2n) is 9.75. The lowest BCUT2D eigenvalue weighted by molar-refractivity contribution is -0.162. The van der Waals surface area contributed by atoms with Gasteiger partial charge in [-0.2, -0.15) is 26.3 Å². The molecule has 0 radical (unpaired) electrons. The first-order valence-corrected chi connectivity index (χ1v) is 14.0. The molecule has 1 fully saturated rings. The molecule has 3 atom stereocenters. The lowest BCUT2D eigenvalue weighted by Crippen LogP contribution is -2.50. The number of anilines is 1. The number of benzene rings is 1. The highest BCUT2D eigenvalue weighted by Gasteiger charge is 2.46. The minimum Gasteiger partial charge on any atom is -0.489 e. The van der Waals surface area contributed by atoms with Crippen molar-refractivity contribution >= 4 is 45.0 Å². The van der Waals surface area contributed by atoms with Crippen molar-refractivity contribution in [3.63, 3.8) is 0 Å². The molecule has 3 N–H and O–H groups in total. The van der Waals surface area contributed by atoms with Gasteiger partial charge in [0.15, 0.2) is 16.3 Å². The number of amides is 3. The van der Waals surface area contributed by atoms with Crippen LogP contribution in [0.15, 0.2) is 23.1 Å². The Kier molecular flexibility index (Phi) is 8.39. The smallest absolute Gasteiger partial charge is 0.419 e. The third kappa shape index (κ3) is 6.37. The van der Waals surface area contributed by atoms with Crippen LogP contribution in [-0.2, 0) is 32.8 Å². The van der Waals surface area contributed by atoms with Gasteiger partial charge in [0.1, 0.15) is 17.0 Å². The van der Waals surface area contributed by atoms with Crippen LogP contribution in [0.1, 0.15) is 23.0 Å². The largest absolute Gasteiger partial charge is 0.489 e. The Hall–Kier alpha value is -3.58. The minimum absolute atomic E-state index is 0.326. The van der Waals surface area contributed by atoms with E-state index < -0.39 is 103 Å². The predicted octanol–water partition coefficient (Wildman–Crippen LogP) is 2.65. The Bertz CT molecular complexity index is 1590. The average Bonchev–Trinajstić information content (AvgIpc) is 3.38. The number of carbonyl (C=O) groups excluding carboxylic acids is 3. The quantitative estimate of drug-likeness (QED) is 0.341. The highest BCUT2D eigenvalue weighted by Crippen LogP contribution is 2.40. The summed E-state index contributed by atoms with van der Waals surface area (Å²) in [6.45, 7) is -0.503. The van der Waals surface area contributed by atoms with Gasteiger partial charge in [-0.05, 0) is 25.1 Å². The number of fused-ring (bicyclic) bond motifs is 2. The van der Waals surface area contributed by atoms with Gasteiger partial charge in [0.05, 0.1) is 12.2 Å². The highest BCUT2D eigenvalue weighted by atomic mass is 35.5. The molecule has 3 heterocycles. The van der Waals surface area contributed by atoms with E-state index in [0.29, 0.717) is 19.1 Å². The molecule has 2 unspecified atom stereocenters. The molecule has 11 nitrogen and oxygen atoms in total. The standard InChI is InChI=1S/C23H21ClF7N5O6S/c1-9(22(26,27)28)32-20(38)21(39)36-6-10-8-42-16-15(35(2)18(24)17(16)43(40,41)34-14(10)7-36)19(37)33-11-3-4-13(25)12(5-11)23(29,30)31/h3-5,9-10,14,34H,6-8H2,1-2H3,(H,32,38)(H,33,37)/t9?,10-,14?/m0/s1. The van der Waals surface area contributed by atoms with E-state index in [1.807, 2.05) is 0 Å². The van der Waals surface area contributed by atoms with Crippen LogP contribution in [0.5, 0.6) is 5.75 Å². The van der Waals surface area contributed by atoms with E-state index in [0.717, 1.165) is 15.5 Å². The number of carbonyl (C=O) groups is 3. The lowest BCUT2D eigenvalue weighted by Gasteiger charge is -2.23. The number of sulfonamides is 1. The number of halogens is 8. The summed E-state index contributed by atoms with van der Waals surface area (Å²) in [6.07, 6.45) is -9.90. The van der Waals surface area contributed by atoms with Crippen LogP contribution in [0.2, 0.25) is 5.15 Å². The first-order valence-electron chi connectivity index (χ1n) is 12.1. The molecular formula is C23H21ClF7N5O6S. The molecule has 20 heteroatoms. The van der Waals surface area contributed by atoms with Crippen molar-refractivity contribution < 1.29 is 58.3 Å². The summed E-state index contributed by atoms with van der Waals surface area (Å²) in [5, 5.41) is 3.10. The number of alkyl halides is 6. The maximum atomic E-state index is 13.7. The summed E-state index contributed by atoms with van der Waals surface area (Å²) in [5.74, 6) is -7.13. The molecule has 0 aliphatic carbocycles. The molecule has 1 saturated heterocycles. The van der Waals surface area contributed by atoms with Crippen molar-refractivity contribution in [2.75, 3.05) is 25.0 Å². The molecule has 0 spiro atoms. The number of ether oxygens (including phenoxy) is 1. The second-order valence-corrected chi connectivity index (χ2v) is 11.8. The third-order valence-corrected chi connectivity index (χ3v) is 8.85. The number of nitrogens with zero attached hydrogens (tertiary/aromatic N) is 2. The summed E-state index contributed by atoms with van der Waals surface area (Å²) in [6, 6.07) is -1.76. The summed E-state index contributed by atoms with van der Waals surface area (Å²) >= 11 is 6.22. The first-order chi connectivity index (χ1) is 19.7. The molecule has 1 aromatic carbocycles. The Labute approximate surface area is 243 Å². The number of likely N-dealkylation sites (tertiary alicyclic amines) is 1. The van der Waals surface area contributed by atoms with Crippen molar-refractivity contribution in [2.45, 2.75) is 36.3 Å². The monoisotopic (exact) mass is 663 g/mol. The zero-order valence-corrected chi connectivity index (χ0v) is 23.4. The van der Waals surface area contributed by atoms with E-state index >= 15 is 0 Å². The maximum absolute atomic E-state index is 13.7. The Balaban J connectivity index is 1.59. The van der Waals surface area contributed by atoms with E-state index in [9.17, 15) is 53.5 Å². The minimum atomic E-state index is -5.08. The van der Waals surface area contributed by atoms with Gasteiger partial charge in [-0.1, -0.05) is 11.6 Å². The van der Waals surface area contributed by atoms with Gasteiger partial charge in [0.2, 0.25) is 10.0 Å². The van der Waals surface area contributed by atoms with Crippen molar-refractivity contribution in [3.05, 3.63) is 40.4 Å². The normalized spacial score (nSPS) is 20.7. The van der Waals surface area contributed by atoms with E-state index in [2.05, 4.69) is 10.0 Å². The molecule has 1 aromatic heterocycles. The van der Waals surface area contributed by atoms with Crippen LogP contribution in [0, 0.1) is 11.7 Å². The van der Waals surface area contributed by atoms with Gasteiger partial charge in [-0.25, -0.2) is 17.5 Å². The fraction of sp³-hybridized carbons (Fsp3) is 0.435. The first kappa shape index (κ1) is 32.3. The number of nitrogens with one attached hydrogen (secondary N) is 3. The molecule has 4 rings (SSSR count). The van der Waals surface area contributed by atoms with Crippen LogP contribution in [0.25, 0.3) is 0 Å². The maximum Gasteiger partial charge on any atom is 0.419 e. The number of rotatable bonds is 3. The highest BCUT2D eigenvalue weighted by molar-refractivity contribution is 7.89. The molecule has 2 aliphatic rings. The summed E-state index contributed by atoms with van der Waals surface area (Å²) in [4.78, 5) is 37.9. The predicted molar refractivity (Wildman–Crippen MR) is 133 cm³/mol. The summed E-state index contributed by atoms with van der Waals surface area (Å²) in [7, 11) is -3.45. The fourth-order valence-corrected chi connectivity index (χ4v) is 6.53. The molecule has 2 aliphatic heterocycles. The van der Waals surface area contributed by atoms with E-state index in [1.165, 1.54) is 12.4 Å². The molecule has 236 valence electrons. The van der Waals surface area contributed by atoms with Crippen LogP contribution in [0.3, 0.4) is 0 Å². The molecule has 0 bridgehead atoms.